The molecule has 2 N–H and O–H groups in total. The predicted molar refractivity (Wildman–Crippen MR) is 85.5 cm³/mol. The first-order valence-electron chi connectivity index (χ1n) is 7.17. The second kappa shape index (κ2) is 6.99. The molecule has 21 heavy (non-hydrogen) atoms. The molecule has 0 aliphatic heterocycles. The van der Waals surface area contributed by atoms with Crippen molar-refractivity contribution in [3.63, 3.8) is 0 Å². The molecule has 1 unspecified atom stereocenters. The summed E-state index contributed by atoms with van der Waals surface area (Å²) in [5.41, 5.74) is 3.44. The van der Waals surface area contributed by atoms with E-state index < -0.39 is 0 Å². The van der Waals surface area contributed by atoms with E-state index in [-0.39, 0.29) is 5.91 Å². The third kappa shape index (κ3) is 4.13. The van der Waals surface area contributed by atoms with Gasteiger partial charge in [-0.1, -0.05) is 19.1 Å². The van der Waals surface area contributed by atoms with Crippen LogP contribution in [0.4, 0.5) is 5.69 Å². The number of pyridine rings is 1. The lowest BCUT2D eigenvalue weighted by Gasteiger charge is -2.13. The average Bonchev–Trinajstić information content (AvgIpc) is 2.49. The van der Waals surface area contributed by atoms with Gasteiger partial charge in [0.2, 0.25) is 0 Å². The van der Waals surface area contributed by atoms with Crippen LogP contribution in [0.25, 0.3) is 0 Å². The number of carbonyl (C=O) groups excluding carboxylic acids is 1. The van der Waals surface area contributed by atoms with Crippen LogP contribution >= 0.6 is 0 Å². The second-order valence-corrected chi connectivity index (χ2v) is 5.04. The lowest BCUT2D eigenvalue weighted by molar-refractivity contribution is 0.102. The Morgan fingerprint density at radius 2 is 1.90 bits per heavy atom. The highest BCUT2D eigenvalue weighted by Crippen LogP contribution is 2.16. The molecule has 2 rings (SSSR count). The number of hydrogen-bond donors (Lipinski definition) is 2. The fraction of sp³-hybridized carbons (Fsp3) is 0.294. The van der Waals surface area contributed by atoms with Crippen LogP contribution in [0.5, 0.6) is 0 Å². The minimum atomic E-state index is -0.144. The highest BCUT2D eigenvalue weighted by molar-refractivity contribution is 6.04. The summed E-state index contributed by atoms with van der Waals surface area (Å²) in [5.74, 6) is -0.144. The number of benzene rings is 1. The van der Waals surface area contributed by atoms with E-state index in [1.807, 2.05) is 37.3 Å². The molecule has 0 aliphatic carbocycles. The summed E-state index contributed by atoms with van der Waals surface area (Å²) in [5, 5.41) is 6.23. The van der Waals surface area contributed by atoms with Crippen LogP contribution in [0.3, 0.4) is 0 Å². The van der Waals surface area contributed by atoms with Crippen LogP contribution in [0.15, 0.2) is 42.6 Å². The molecule has 0 saturated carbocycles. The maximum absolute atomic E-state index is 12.1. The Kier molecular flexibility index (Phi) is 5.06. The molecule has 0 spiro atoms. The summed E-state index contributed by atoms with van der Waals surface area (Å²) in [6, 6.07) is 11.8. The molecular formula is C17H21N3O. The Labute approximate surface area is 125 Å². The molecule has 0 bridgehead atoms. The van der Waals surface area contributed by atoms with Crippen molar-refractivity contribution >= 4 is 11.6 Å². The van der Waals surface area contributed by atoms with Crippen molar-refractivity contribution in [2.45, 2.75) is 26.8 Å². The van der Waals surface area contributed by atoms with E-state index in [1.165, 1.54) is 5.56 Å². The number of aromatic nitrogens is 1. The summed E-state index contributed by atoms with van der Waals surface area (Å²) in [6.07, 6.45) is 1.59. The first-order valence-corrected chi connectivity index (χ1v) is 7.17. The number of hydrogen-bond acceptors (Lipinski definition) is 3. The van der Waals surface area contributed by atoms with E-state index in [2.05, 4.69) is 29.5 Å². The van der Waals surface area contributed by atoms with Gasteiger partial charge >= 0.3 is 0 Å². The monoisotopic (exact) mass is 283 g/mol. The zero-order valence-corrected chi connectivity index (χ0v) is 12.7. The molecule has 110 valence electrons. The quantitative estimate of drug-likeness (QED) is 0.885. The maximum Gasteiger partial charge on any atom is 0.257 e. The molecule has 0 saturated heterocycles. The SMILES string of the molecule is CCNC(C)c1ccc(NC(=O)c2ccc(C)nc2)cc1. The predicted octanol–water partition coefficient (Wildman–Crippen LogP) is 3.31. The summed E-state index contributed by atoms with van der Waals surface area (Å²) >= 11 is 0. The van der Waals surface area contributed by atoms with Crippen molar-refractivity contribution in [2.24, 2.45) is 0 Å². The molecule has 4 nitrogen and oxygen atoms in total. The molecular weight excluding hydrogens is 262 g/mol. The lowest BCUT2D eigenvalue weighted by atomic mass is 10.1. The van der Waals surface area contributed by atoms with Gasteiger partial charge in [0, 0.05) is 23.6 Å². The third-order valence-electron chi connectivity index (χ3n) is 3.35. The highest BCUT2D eigenvalue weighted by atomic mass is 16.1. The minimum Gasteiger partial charge on any atom is -0.322 e. The van der Waals surface area contributed by atoms with Gasteiger partial charge in [-0.3, -0.25) is 9.78 Å². The summed E-state index contributed by atoms with van der Waals surface area (Å²) in [6.45, 7) is 7.03. The smallest absolute Gasteiger partial charge is 0.257 e. The second-order valence-electron chi connectivity index (χ2n) is 5.04. The van der Waals surface area contributed by atoms with Gasteiger partial charge in [-0.15, -0.1) is 0 Å². The van der Waals surface area contributed by atoms with Crippen LogP contribution in [0.2, 0.25) is 0 Å². The molecule has 2 aromatic rings. The van der Waals surface area contributed by atoms with E-state index in [9.17, 15) is 4.79 Å². The van der Waals surface area contributed by atoms with E-state index in [1.54, 1.807) is 12.3 Å². The number of anilines is 1. The van der Waals surface area contributed by atoms with Gasteiger partial charge in [-0.2, -0.15) is 0 Å². The first kappa shape index (κ1) is 15.2. The number of nitrogens with zero attached hydrogens (tertiary/aromatic N) is 1. The Morgan fingerprint density at radius 1 is 1.19 bits per heavy atom. The van der Waals surface area contributed by atoms with Crippen LogP contribution in [0.1, 0.15) is 41.5 Å². The van der Waals surface area contributed by atoms with Crippen molar-refractivity contribution in [1.29, 1.82) is 0 Å². The topological polar surface area (TPSA) is 54.0 Å². The Hall–Kier alpha value is -2.20. The van der Waals surface area contributed by atoms with Crippen molar-refractivity contribution < 1.29 is 4.79 Å². The largest absolute Gasteiger partial charge is 0.322 e. The van der Waals surface area contributed by atoms with Crippen molar-refractivity contribution in [2.75, 3.05) is 11.9 Å². The summed E-state index contributed by atoms with van der Waals surface area (Å²) < 4.78 is 0. The maximum atomic E-state index is 12.1. The van der Waals surface area contributed by atoms with Gasteiger partial charge < -0.3 is 10.6 Å². The normalized spacial score (nSPS) is 12.0. The molecule has 4 heteroatoms. The lowest BCUT2D eigenvalue weighted by Crippen LogP contribution is -2.17. The van der Waals surface area contributed by atoms with Gasteiger partial charge in [-0.25, -0.2) is 0 Å². The fourth-order valence-corrected chi connectivity index (χ4v) is 2.08. The average molecular weight is 283 g/mol. The number of amides is 1. The number of nitrogens with one attached hydrogen (secondary N) is 2. The molecule has 1 heterocycles. The minimum absolute atomic E-state index is 0.144. The zero-order valence-electron chi connectivity index (χ0n) is 12.7. The van der Waals surface area contributed by atoms with Crippen LogP contribution < -0.4 is 10.6 Å². The Balaban J connectivity index is 2.03. The van der Waals surface area contributed by atoms with Crippen molar-refractivity contribution in [1.82, 2.24) is 10.3 Å². The molecule has 1 aromatic heterocycles. The third-order valence-corrected chi connectivity index (χ3v) is 3.35. The highest BCUT2D eigenvalue weighted by Gasteiger charge is 2.07. The molecule has 0 radical (unpaired) electrons. The molecule has 1 amide bonds. The molecule has 0 aliphatic rings. The molecule has 1 atom stereocenters. The zero-order chi connectivity index (χ0) is 15.2. The van der Waals surface area contributed by atoms with E-state index in [0.29, 0.717) is 11.6 Å². The standard InChI is InChI=1S/C17H21N3O/c1-4-18-13(3)14-7-9-16(10-8-14)20-17(21)15-6-5-12(2)19-11-15/h5-11,13,18H,4H2,1-3H3,(H,20,21). The summed E-state index contributed by atoms with van der Waals surface area (Å²) in [7, 11) is 0. The van der Waals surface area contributed by atoms with E-state index in [0.717, 1.165) is 17.9 Å². The van der Waals surface area contributed by atoms with Gasteiger partial charge in [-0.05, 0) is 50.2 Å². The van der Waals surface area contributed by atoms with Crippen molar-refractivity contribution in [3.05, 3.63) is 59.4 Å². The van der Waals surface area contributed by atoms with Gasteiger partial charge in [0.25, 0.3) is 5.91 Å². The number of rotatable bonds is 5. The van der Waals surface area contributed by atoms with Gasteiger partial charge in [0.1, 0.15) is 0 Å². The molecule has 0 fully saturated rings. The first-order chi connectivity index (χ1) is 10.1. The Morgan fingerprint density at radius 3 is 2.48 bits per heavy atom. The number of carbonyl (C=O) groups is 1. The van der Waals surface area contributed by atoms with E-state index in [4.69, 9.17) is 0 Å². The van der Waals surface area contributed by atoms with Gasteiger partial charge in [0.15, 0.2) is 0 Å². The number of aryl methyl sites for hydroxylation is 1. The van der Waals surface area contributed by atoms with Crippen LogP contribution in [-0.2, 0) is 0 Å². The summed E-state index contributed by atoms with van der Waals surface area (Å²) in [4.78, 5) is 16.2. The van der Waals surface area contributed by atoms with Crippen molar-refractivity contribution in [3.8, 4) is 0 Å². The van der Waals surface area contributed by atoms with E-state index >= 15 is 0 Å². The fourth-order valence-electron chi connectivity index (χ4n) is 2.08. The van der Waals surface area contributed by atoms with Crippen LogP contribution in [0, 0.1) is 6.92 Å². The van der Waals surface area contributed by atoms with Gasteiger partial charge in [0.05, 0.1) is 5.56 Å². The molecule has 1 aromatic carbocycles. The Bertz CT molecular complexity index is 590. The van der Waals surface area contributed by atoms with Crippen LogP contribution in [-0.4, -0.2) is 17.4 Å².